The molecule has 0 saturated heterocycles. The lowest BCUT2D eigenvalue weighted by Crippen LogP contribution is -2.22. The van der Waals surface area contributed by atoms with Crippen molar-refractivity contribution in [3.63, 3.8) is 0 Å². The molecule has 13 heavy (non-hydrogen) atoms. The lowest BCUT2D eigenvalue weighted by atomic mass is 10.2. The van der Waals surface area contributed by atoms with Crippen LogP contribution in [0.3, 0.4) is 0 Å². The number of carbonyl (C=O) groups excluding carboxylic acids is 1. The first-order valence-corrected chi connectivity index (χ1v) is 4.89. The Bertz CT molecular complexity index is 343. The van der Waals surface area contributed by atoms with E-state index in [0.717, 1.165) is 4.47 Å². The summed E-state index contributed by atoms with van der Waals surface area (Å²) in [7, 11) is 0. The van der Waals surface area contributed by atoms with Gasteiger partial charge >= 0.3 is 0 Å². The van der Waals surface area contributed by atoms with Gasteiger partial charge in [-0.25, -0.2) is 0 Å². The second kappa shape index (κ2) is 4.17. The van der Waals surface area contributed by atoms with E-state index in [2.05, 4.69) is 36.8 Å². The van der Waals surface area contributed by atoms with Gasteiger partial charge in [-0.2, -0.15) is 0 Å². The van der Waals surface area contributed by atoms with E-state index in [-0.39, 0.29) is 5.69 Å². The fraction of sp³-hybridized carbons (Fsp3) is 0.143. The maximum atomic E-state index is 10.6. The summed E-state index contributed by atoms with van der Waals surface area (Å²) >= 11 is 6.35. The average Bonchev–Trinajstić information content (AvgIpc) is 2.03. The molecular weight excluding hydrogens is 304 g/mol. The zero-order valence-corrected chi connectivity index (χ0v) is 9.54. The van der Waals surface area contributed by atoms with E-state index in [9.17, 15) is 9.90 Å². The summed E-state index contributed by atoms with van der Waals surface area (Å²) in [6, 6.07) is 1.68. The molecule has 0 aliphatic rings. The van der Waals surface area contributed by atoms with Crippen molar-refractivity contribution in [2.75, 3.05) is 0 Å². The number of hydrogen-bond donors (Lipinski definition) is 2. The first kappa shape index (κ1) is 10.6. The molecule has 1 atom stereocenters. The van der Waals surface area contributed by atoms with Crippen LogP contribution in [0.15, 0.2) is 21.2 Å². The number of pyridine rings is 1. The third-order valence-electron chi connectivity index (χ3n) is 1.36. The van der Waals surface area contributed by atoms with Crippen LogP contribution in [-0.2, 0) is 4.79 Å². The molecule has 1 unspecified atom stereocenters. The topological polar surface area (TPSA) is 76.2 Å². The molecular formula is C7H6Br2N2O2. The van der Waals surface area contributed by atoms with E-state index in [0.29, 0.717) is 4.47 Å². The Morgan fingerprint density at radius 1 is 1.62 bits per heavy atom. The van der Waals surface area contributed by atoms with Crippen LogP contribution >= 0.6 is 31.9 Å². The summed E-state index contributed by atoms with van der Waals surface area (Å²) in [6.07, 6.45) is 0.106. The van der Waals surface area contributed by atoms with Gasteiger partial charge in [0.05, 0.1) is 5.69 Å². The molecule has 0 aliphatic heterocycles. The normalized spacial score (nSPS) is 12.5. The van der Waals surface area contributed by atoms with Gasteiger partial charge < -0.3 is 10.8 Å². The van der Waals surface area contributed by atoms with E-state index in [1.54, 1.807) is 6.07 Å². The standard InChI is InChI=1S/C7H6Br2N2O2/c8-3-1-4(9)5(11-2-3)6(12)7(10)13/h1-2,6,12H,(H2,10,13). The van der Waals surface area contributed by atoms with Crippen molar-refractivity contribution < 1.29 is 9.90 Å². The van der Waals surface area contributed by atoms with E-state index in [4.69, 9.17) is 5.73 Å². The Hall–Kier alpha value is -0.460. The zero-order chi connectivity index (χ0) is 10.0. The molecule has 0 bridgehead atoms. The smallest absolute Gasteiger partial charge is 0.252 e. The molecule has 1 aromatic heterocycles. The van der Waals surface area contributed by atoms with E-state index >= 15 is 0 Å². The van der Waals surface area contributed by atoms with Crippen molar-refractivity contribution in [3.8, 4) is 0 Å². The van der Waals surface area contributed by atoms with Gasteiger partial charge in [0.1, 0.15) is 0 Å². The van der Waals surface area contributed by atoms with E-state index < -0.39 is 12.0 Å². The highest BCUT2D eigenvalue weighted by Crippen LogP contribution is 2.24. The summed E-state index contributed by atoms with van der Waals surface area (Å²) in [5, 5.41) is 9.29. The molecule has 4 nitrogen and oxygen atoms in total. The van der Waals surface area contributed by atoms with Crippen LogP contribution in [0.25, 0.3) is 0 Å². The van der Waals surface area contributed by atoms with Crippen molar-refractivity contribution in [3.05, 3.63) is 26.9 Å². The number of aliphatic hydroxyl groups is 1. The molecule has 1 amide bonds. The van der Waals surface area contributed by atoms with Crippen molar-refractivity contribution >= 4 is 37.8 Å². The van der Waals surface area contributed by atoms with Crippen LogP contribution in [0.5, 0.6) is 0 Å². The number of carbonyl (C=O) groups is 1. The molecule has 1 rings (SSSR count). The number of amides is 1. The average molecular weight is 310 g/mol. The molecule has 0 spiro atoms. The maximum absolute atomic E-state index is 10.6. The Morgan fingerprint density at radius 2 is 2.23 bits per heavy atom. The van der Waals surface area contributed by atoms with Crippen molar-refractivity contribution in [2.45, 2.75) is 6.10 Å². The number of primary amides is 1. The SMILES string of the molecule is NC(=O)C(O)c1ncc(Br)cc1Br. The Balaban J connectivity index is 3.08. The number of aliphatic hydroxyl groups excluding tert-OH is 1. The first-order chi connectivity index (χ1) is 6.02. The highest BCUT2D eigenvalue weighted by atomic mass is 79.9. The highest BCUT2D eigenvalue weighted by Gasteiger charge is 2.18. The predicted octanol–water partition coefficient (Wildman–Crippen LogP) is 1.13. The Labute approximate surface area is 91.4 Å². The quantitative estimate of drug-likeness (QED) is 0.859. The lowest BCUT2D eigenvalue weighted by Gasteiger charge is -2.07. The molecule has 3 N–H and O–H groups in total. The zero-order valence-electron chi connectivity index (χ0n) is 6.37. The summed E-state index contributed by atoms with van der Waals surface area (Å²) in [5.41, 5.74) is 5.13. The van der Waals surface area contributed by atoms with Crippen LogP contribution < -0.4 is 5.73 Å². The summed E-state index contributed by atoms with van der Waals surface area (Å²) in [4.78, 5) is 14.5. The molecule has 0 aromatic carbocycles. The van der Waals surface area contributed by atoms with Gasteiger partial charge in [0.15, 0.2) is 6.10 Å². The second-order valence-electron chi connectivity index (χ2n) is 2.33. The minimum Gasteiger partial charge on any atom is -0.377 e. The summed E-state index contributed by atoms with van der Waals surface area (Å²) in [6.45, 7) is 0. The molecule has 0 radical (unpaired) electrons. The number of halogens is 2. The third kappa shape index (κ3) is 2.49. The predicted molar refractivity (Wildman–Crippen MR) is 53.8 cm³/mol. The van der Waals surface area contributed by atoms with Gasteiger partial charge in [-0.15, -0.1) is 0 Å². The van der Waals surface area contributed by atoms with Gasteiger partial charge in [-0.3, -0.25) is 9.78 Å². The lowest BCUT2D eigenvalue weighted by molar-refractivity contribution is -0.126. The number of nitrogens with zero attached hydrogens (tertiary/aromatic N) is 1. The summed E-state index contributed by atoms with van der Waals surface area (Å²) < 4.78 is 1.29. The van der Waals surface area contributed by atoms with Gasteiger partial charge in [0, 0.05) is 15.1 Å². The van der Waals surface area contributed by atoms with Crippen molar-refractivity contribution in [2.24, 2.45) is 5.73 Å². The van der Waals surface area contributed by atoms with Crippen LogP contribution in [-0.4, -0.2) is 16.0 Å². The van der Waals surface area contributed by atoms with Gasteiger partial charge in [0.2, 0.25) is 0 Å². The van der Waals surface area contributed by atoms with E-state index in [1.807, 2.05) is 0 Å². The second-order valence-corrected chi connectivity index (χ2v) is 4.10. The molecule has 70 valence electrons. The largest absolute Gasteiger partial charge is 0.377 e. The summed E-state index contributed by atoms with van der Waals surface area (Å²) in [5.74, 6) is -0.824. The van der Waals surface area contributed by atoms with Crippen LogP contribution in [0.1, 0.15) is 11.8 Å². The highest BCUT2D eigenvalue weighted by molar-refractivity contribution is 9.11. The van der Waals surface area contributed by atoms with Crippen LogP contribution in [0.2, 0.25) is 0 Å². The van der Waals surface area contributed by atoms with Gasteiger partial charge in [-0.05, 0) is 37.9 Å². The molecule has 0 aliphatic carbocycles. The fourth-order valence-electron chi connectivity index (χ4n) is 0.761. The van der Waals surface area contributed by atoms with Crippen LogP contribution in [0.4, 0.5) is 0 Å². The monoisotopic (exact) mass is 308 g/mol. The number of rotatable bonds is 2. The van der Waals surface area contributed by atoms with Gasteiger partial charge in [0.25, 0.3) is 5.91 Å². The number of hydrogen-bond acceptors (Lipinski definition) is 3. The van der Waals surface area contributed by atoms with Crippen LogP contribution in [0, 0.1) is 0 Å². The maximum Gasteiger partial charge on any atom is 0.252 e. The molecule has 6 heteroatoms. The molecule has 0 fully saturated rings. The molecule has 1 aromatic rings. The molecule has 1 heterocycles. The fourth-order valence-corrected chi connectivity index (χ4v) is 1.97. The first-order valence-electron chi connectivity index (χ1n) is 3.30. The Kier molecular flexibility index (Phi) is 3.40. The minimum atomic E-state index is -1.37. The number of aromatic nitrogens is 1. The molecule has 0 saturated carbocycles. The van der Waals surface area contributed by atoms with Gasteiger partial charge in [-0.1, -0.05) is 0 Å². The van der Waals surface area contributed by atoms with Crippen molar-refractivity contribution in [1.29, 1.82) is 0 Å². The Morgan fingerprint density at radius 3 is 2.69 bits per heavy atom. The minimum absolute atomic E-state index is 0.218. The van der Waals surface area contributed by atoms with Crippen molar-refractivity contribution in [1.82, 2.24) is 4.98 Å². The third-order valence-corrected chi connectivity index (χ3v) is 2.43. The van der Waals surface area contributed by atoms with E-state index in [1.165, 1.54) is 6.20 Å². The number of nitrogens with two attached hydrogens (primary N) is 1.